The van der Waals surface area contributed by atoms with Crippen molar-refractivity contribution >= 4 is 17.3 Å². The molecule has 0 aromatic carbocycles. The van der Waals surface area contributed by atoms with E-state index in [0.717, 1.165) is 0 Å². The third-order valence-corrected chi connectivity index (χ3v) is 1.67. The van der Waals surface area contributed by atoms with Crippen molar-refractivity contribution in [2.45, 2.75) is 27.7 Å². The molecule has 12 heavy (non-hydrogen) atoms. The Labute approximate surface area is 72.1 Å². The average molecular weight is 170 g/mol. The fourth-order valence-electron chi connectivity index (χ4n) is 1.02. The molecule has 0 N–H and O–H groups in total. The van der Waals surface area contributed by atoms with Crippen LogP contribution in [-0.4, -0.2) is 17.3 Å². The number of carbonyl (C=O) groups is 3. The number of carbonyl (C=O) groups excluding carboxylic acids is 3. The third kappa shape index (κ3) is 2.57. The topological polar surface area (TPSA) is 51.2 Å². The highest BCUT2D eigenvalue weighted by molar-refractivity contribution is 6.18. The molecular formula is C9H14O3. The normalized spacial score (nSPS) is 10.5. The summed E-state index contributed by atoms with van der Waals surface area (Å²) in [5, 5.41) is 0. The van der Waals surface area contributed by atoms with E-state index in [1.165, 1.54) is 13.8 Å². The van der Waals surface area contributed by atoms with Gasteiger partial charge in [0.25, 0.3) is 0 Å². The zero-order chi connectivity index (χ0) is 9.89. The smallest absolute Gasteiger partial charge is 0.153 e. The Morgan fingerprint density at radius 1 is 0.917 bits per heavy atom. The van der Waals surface area contributed by atoms with Gasteiger partial charge in [-0.2, -0.15) is 0 Å². The van der Waals surface area contributed by atoms with Gasteiger partial charge in [0.2, 0.25) is 0 Å². The summed E-state index contributed by atoms with van der Waals surface area (Å²) in [6, 6.07) is 0. The van der Waals surface area contributed by atoms with E-state index in [-0.39, 0.29) is 23.3 Å². The Balaban J connectivity index is 4.64. The van der Waals surface area contributed by atoms with E-state index in [1.54, 1.807) is 13.8 Å². The molecule has 0 aliphatic heterocycles. The van der Waals surface area contributed by atoms with Crippen LogP contribution in [0.1, 0.15) is 27.7 Å². The summed E-state index contributed by atoms with van der Waals surface area (Å²) in [7, 11) is 0. The van der Waals surface area contributed by atoms with Gasteiger partial charge in [-0.15, -0.1) is 0 Å². The van der Waals surface area contributed by atoms with Gasteiger partial charge < -0.3 is 0 Å². The Hall–Kier alpha value is -0.990. The Kier molecular flexibility index (Phi) is 3.80. The van der Waals surface area contributed by atoms with Gasteiger partial charge in [-0.1, -0.05) is 13.8 Å². The Bertz CT molecular complexity index is 202. The third-order valence-electron chi connectivity index (χ3n) is 1.67. The molecule has 68 valence electrons. The van der Waals surface area contributed by atoms with Crippen LogP contribution in [0.2, 0.25) is 0 Å². The maximum absolute atomic E-state index is 11.3. The maximum atomic E-state index is 11.3. The fraction of sp³-hybridized carbons (Fsp3) is 0.667. The quantitative estimate of drug-likeness (QED) is 0.591. The zero-order valence-electron chi connectivity index (χ0n) is 7.88. The van der Waals surface area contributed by atoms with Gasteiger partial charge in [-0.25, -0.2) is 0 Å². The van der Waals surface area contributed by atoms with E-state index in [0.29, 0.717) is 0 Å². The summed E-state index contributed by atoms with van der Waals surface area (Å²) < 4.78 is 0. The minimum absolute atomic E-state index is 0.261. The molecule has 0 heterocycles. The summed E-state index contributed by atoms with van der Waals surface area (Å²) in [6.07, 6.45) is 0. The van der Waals surface area contributed by atoms with Crippen LogP contribution in [0.15, 0.2) is 0 Å². The van der Waals surface area contributed by atoms with Crippen molar-refractivity contribution in [2.24, 2.45) is 11.8 Å². The second-order valence-electron chi connectivity index (χ2n) is 3.21. The summed E-state index contributed by atoms with van der Waals surface area (Å²) in [5.74, 6) is -2.30. The summed E-state index contributed by atoms with van der Waals surface area (Å²) >= 11 is 0. The predicted molar refractivity (Wildman–Crippen MR) is 44.7 cm³/mol. The summed E-state index contributed by atoms with van der Waals surface area (Å²) in [6.45, 7) is 5.90. The van der Waals surface area contributed by atoms with Crippen molar-refractivity contribution in [1.29, 1.82) is 0 Å². The SMILES string of the molecule is CC(=O)C(C(C)=O)C(=O)C(C)C. The lowest BCUT2D eigenvalue weighted by atomic mass is 9.89. The molecule has 0 spiro atoms. The Morgan fingerprint density at radius 2 is 1.25 bits per heavy atom. The molecule has 0 aliphatic carbocycles. The average Bonchev–Trinajstić information content (AvgIpc) is 1.85. The molecule has 3 heteroatoms. The van der Waals surface area contributed by atoms with Crippen LogP contribution in [0.4, 0.5) is 0 Å². The monoisotopic (exact) mass is 170 g/mol. The Morgan fingerprint density at radius 3 is 1.33 bits per heavy atom. The molecule has 0 aromatic rings. The van der Waals surface area contributed by atoms with Crippen LogP contribution < -0.4 is 0 Å². The van der Waals surface area contributed by atoms with E-state index in [9.17, 15) is 14.4 Å². The van der Waals surface area contributed by atoms with Gasteiger partial charge in [-0.05, 0) is 13.8 Å². The van der Waals surface area contributed by atoms with Crippen molar-refractivity contribution in [3.05, 3.63) is 0 Å². The minimum atomic E-state index is -1.04. The highest BCUT2D eigenvalue weighted by Crippen LogP contribution is 2.09. The molecule has 0 rings (SSSR count). The van der Waals surface area contributed by atoms with E-state index in [4.69, 9.17) is 0 Å². The second kappa shape index (κ2) is 4.14. The van der Waals surface area contributed by atoms with Crippen molar-refractivity contribution in [3.8, 4) is 0 Å². The van der Waals surface area contributed by atoms with Crippen LogP contribution in [0.5, 0.6) is 0 Å². The molecule has 0 amide bonds. The van der Waals surface area contributed by atoms with Crippen LogP contribution in [-0.2, 0) is 14.4 Å². The molecule has 0 aromatic heterocycles. The highest BCUT2D eigenvalue weighted by atomic mass is 16.2. The molecule has 0 radical (unpaired) electrons. The van der Waals surface area contributed by atoms with Crippen molar-refractivity contribution in [2.75, 3.05) is 0 Å². The largest absolute Gasteiger partial charge is 0.299 e. The first-order chi connectivity index (χ1) is 5.37. The molecular weight excluding hydrogens is 156 g/mol. The number of Topliss-reactive ketones (excluding diaryl/α,β-unsaturated/α-hetero) is 3. The summed E-state index contributed by atoms with van der Waals surface area (Å²) in [4.78, 5) is 33.1. The van der Waals surface area contributed by atoms with Crippen LogP contribution in [0.3, 0.4) is 0 Å². The van der Waals surface area contributed by atoms with Crippen molar-refractivity contribution in [1.82, 2.24) is 0 Å². The van der Waals surface area contributed by atoms with Gasteiger partial charge in [0.15, 0.2) is 5.78 Å². The first kappa shape index (κ1) is 11.0. The molecule has 0 bridgehead atoms. The molecule has 0 saturated heterocycles. The van der Waals surface area contributed by atoms with E-state index < -0.39 is 5.92 Å². The lowest BCUT2D eigenvalue weighted by molar-refractivity contribution is -0.139. The number of hydrogen-bond acceptors (Lipinski definition) is 3. The molecule has 0 aliphatic rings. The van der Waals surface area contributed by atoms with Crippen molar-refractivity contribution in [3.63, 3.8) is 0 Å². The van der Waals surface area contributed by atoms with Crippen molar-refractivity contribution < 1.29 is 14.4 Å². The van der Waals surface area contributed by atoms with E-state index >= 15 is 0 Å². The molecule has 0 saturated carbocycles. The molecule has 0 atom stereocenters. The number of ketones is 3. The molecule has 0 unspecified atom stereocenters. The number of hydrogen-bond donors (Lipinski definition) is 0. The van der Waals surface area contributed by atoms with Gasteiger partial charge in [-0.3, -0.25) is 14.4 Å². The van der Waals surface area contributed by atoms with Crippen LogP contribution in [0.25, 0.3) is 0 Å². The van der Waals surface area contributed by atoms with Gasteiger partial charge in [0.1, 0.15) is 17.5 Å². The second-order valence-corrected chi connectivity index (χ2v) is 3.21. The van der Waals surface area contributed by atoms with E-state index in [1.807, 2.05) is 0 Å². The standard InChI is InChI=1S/C9H14O3/c1-5(2)9(12)8(6(3)10)7(4)11/h5,8H,1-4H3. The van der Waals surface area contributed by atoms with Gasteiger partial charge in [0, 0.05) is 5.92 Å². The first-order valence-electron chi connectivity index (χ1n) is 3.92. The van der Waals surface area contributed by atoms with Gasteiger partial charge >= 0.3 is 0 Å². The zero-order valence-corrected chi connectivity index (χ0v) is 7.88. The minimum Gasteiger partial charge on any atom is -0.299 e. The summed E-state index contributed by atoms with van der Waals surface area (Å²) in [5.41, 5.74) is 0. The predicted octanol–water partition coefficient (Wildman–Crippen LogP) is 1.01. The maximum Gasteiger partial charge on any atom is 0.153 e. The number of rotatable bonds is 4. The van der Waals surface area contributed by atoms with E-state index in [2.05, 4.69) is 0 Å². The molecule has 0 fully saturated rings. The molecule has 3 nitrogen and oxygen atoms in total. The van der Waals surface area contributed by atoms with Crippen LogP contribution in [0, 0.1) is 11.8 Å². The van der Waals surface area contributed by atoms with Gasteiger partial charge in [0.05, 0.1) is 0 Å². The fourth-order valence-corrected chi connectivity index (χ4v) is 1.02. The first-order valence-corrected chi connectivity index (χ1v) is 3.92. The van der Waals surface area contributed by atoms with Crippen LogP contribution >= 0.6 is 0 Å². The highest BCUT2D eigenvalue weighted by Gasteiger charge is 2.29. The lowest BCUT2D eigenvalue weighted by Crippen LogP contribution is -2.31. The lowest BCUT2D eigenvalue weighted by Gasteiger charge is -2.10.